The number of hydrogen-bond donors (Lipinski definition) is 2. The third-order valence-electron chi connectivity index (χ3n) is 4.98. The van der Waals surface area contributed by atoms with Crippen LogP contribution in [0.5, 0.6) is 11.5 Å². The minimum absolute atomic E-state index is 0.320. The molecule has 0 radical (unpaired) electrons. The van der Waals surface area contributed by atoms with Crippen LogP contribution in [0.25, 0.3) is 0 Å². The molecular weight excluding hydrogens is 462 g/mol. The Kier molecular flexibility index (Phi) is 5.81. The lowest BCUT2D eigenvalue weighted by Crippen LogP contribution is -2.52. The minimum atomic E-state index is -0.651. The van der Waals surface area contributed by atoms with E-state index in [1.54, 1.807) is 62.8 Å². The molecule has 31 heavy (non-hydrogen) atoms. The van der Waals surface area contributed by atoms with Gasteiger partial charge >= 0.3 is 0 Å². The van der Waals surface area contributed by atoms with Gasteiger partial charge in [-0.25, -0.2) is 5.01 Å². The highest BCUT2D eigenvalue weighted by Crippen LogP contribution is 2.36. The lowest BCUT2D eigenvalue weighted by atomic mass is 10.0. The van der Waals surface area contributed by atoms with Crippen LogP contribution in [-0.2, 0) is 0 Å². The van der Waals surface area contributed by atoms with Gasteiger partial charge in [0.15, 0.2) is 11.5 Å². The number of carbonyl (C=O) groups excluding carboxylic acids is 2. The van der Waals surface area contributed by atoms with Crippen LogP contribution in [0, 0.1) is 0 Å². The molecule has 0 bridgehead atoms. The van der Waals surface area contributed by atoms with Crippen LogP contribution in [0.4, 0.5) is 5.69 Å². The molecule has 2 N–H and O–H groups in total. The molecule has 0 saturated carbocycles. The van der Waals surface area contributed by atoms with Gasteiger partial charge in [-0.15, -0.1) is 0 Å². The number of nitrogens with zero attached hydrogens (tertiary/aromatic N) is 1. The fourth-order valence-electron chi connectivity index (χ4n) is 3.40. The van der Waals surface area contributed by atoms with Crippen molar-refractivity contribution < 1.29 is 19.1 Å². The predicted octanol–water partition coefficient (Wildman–Crippen LogP) is 4.38. The fraction of sp³-hybridized carbons (Fsp3) is 0.130. The van der Waals surface area contributed by atoms with Crippen molar-refractivity contribution >= 4 is 33.4 Å². The number of benzene rings is 3. The zero-order valence-corrected chi connectivity index (χ0v) is 18.5. The van der Waals surface area contributed by atoms with Gasteiger partial charge in [-0.1, -0.05) is 34.1 Å². The quantitative estimate of drug-likeness (QED) is 0.565. The van der Waals surface area contributed by atoms with Gasteiger partial charge in [0, 0.05) is 21.3 Å². The Morgan fingerprint density at radius 2 is 1.71 bits per heavy atom. The summed E-state index contributed by atoms with van der Waals surface area (Å²) >= 11 is 3.36. The molecule has 2 amide bonds. The van der Waals surface area contributed by atoms with Gasteiger partial charge in [-0.05, 0) is 48.5 Å². The van der Waals surface area contributed by atoms with Crippen molar-refractivity contribution in [3.63, 3.8) is 0 Å². The monoisotopic (exact) mass is 481 g/mol. The second kappa shape index (κ2) is 8.69. The number of fused-ring (bicyclic) bond motifs is 1. The Morgan fingerprint density at radius 1 is 1.00 bits per heavy atom. The van der Waals surface area contributed by atoms with Crippen molar-refractivity contribution in [2.24, 2.45) is 0 Å². The molecule has 0 fully saturated rings. The molecular formula is C23H20BrN3O4. The molecule has 8 heteroatoms. The van der Waals surface area contributed by atoms with E-state index < -0.39 is 12.1 Å². The molecule has 1 unspecified atom stereocenters. The van der Waals surface area contributed by atoms with Gasteiger partial charge < -0.3 is 14.8 Å². The topological polar surface area (TPSA) is 79.9 Å². The van der Waals surface area contributed by atoms with E-state index in [2.05, 4.69) is 26.7 Å². The number of hydrazine groups is 1. The van der Waals surface area contributed by atoms with E-state index in [9.17, 15) is 9.59 Å². The van der Waals surface area contributed by atoms with E-state index in [4.69, 9.17) is 9.47 Å². The van der Waals surface area contributed by atoms with E-state index in [-0.39, 0.29) is 5.91 Å². The molecule has 7 nitrogen and oxygen atoms in total. The average molecular weight is 482 g/mol. The first-order chi connectivity index (χ1) is 15.0. The van der Waals surface area contributed by atoms with Crippen molar-refractivity contribution in [3.05, 3.63) is 87.9 Å². The number of para-hydroxylation sites is 1. The molecule has 0 aromatic heterocycles. The van der Waals surface area contributed by atoms with Gasteiger partial charge in [0.25, 0.3) is 11.8 Å². The van der Waals surface area contributed by atoms with Gasteiger partial charge in [0.1, 0.15) is 6.17 Å². The minimum Gasteiger partial charge on any atom is -0.493 e. The Hall–Kier alpha value is -3.52. The third kappa shape index (κ3) is 4.06. The van der Waals surface area contributed by atoms with Crippen LogP contribution in [0.2, 0.25) is 0 Å². The smallest absolute Gasteiger partial charge is 0.276 e. The average Bonchev–Trinajstić information content (AvgIpc) is 2.80. The lowest BCUT2D eigenvalue weighted by Gasteiger charge is -2.37. The highest BCUT2D eigenvalue weighted by molar-refractivity contribution is 9.10. The molecule has 3 aromatic rings. The van der Waals surface area contributed by atoms with E-state index in [1.807, 2.05) is 18.2 Å². The molecule has 0 saturated heterocycles. The molecule has 1 aliphatic heterocycles. The number of ether oxygens (including phenoxy) is 2. The summed E-state index contributed by atoms with van der Waals surface area (Å²) in [6.07, 6.45) is -0.651. The lowest BCUT2D eigenvalue weighted by molar-refractivity contribution is 0.0490. The van der Waals surface area contributed by atoms with Crippen molar-refractivity contribution in [1.82, 2.24) is 10.4 Å². The number of carbonyl (C=O) groups is 2. The summed E-state index contributed by atoms with van der Waals surface area (Å²) in [5.41, 5.74) is 5.06. The van der Waals surface area contributed by atoms with Crippen LogP contribution in [0.3, 0.4) is 0 Å². The Balaban J connectivity index is 1.73. The number of rotatable bonds is 5. The summed E-state index contributed by atoms with van der Waals surface area (Å²) in [4.78, 5) is 26.2. The molecule has 1 atom stereocenters. The maximum absolute atomic E-state index is 13.3. The second-order valence-electron chi connectivity index (χ2n) is 6.83. The predicted molar refractivity (Wildman–Crippen MR) is 120 cm³/mol. The summed E-state index contributed by atoms with van der Waals surface area (Å²) in [6.45, 7) is 0. The van der Waals surface area contributed by atoms with Crippen molar-refractivity contribution in [1.29, 1.82) is 0 Å². The first-order valence-corrected chi connectivity index (χ1v) is 10.3. The summed E-state index contributed by atoms with van der Waals surface area (Å²) in [7, 11) is 3.10. The second-order valence-corrected chi connectivity index (χ2v) is 7.75. The Morgan fingerprint density at radius 3 is 2.42 bits per heavy atom. The van der Waals surface area contributed by atoms with Crippen LogP contribution in [-0.4, -0.2) is 31.0 Å². The molecule has 3 aromatic carbocycles. The van der Waals surface area contributed by atoms with Gasteiger partial charge in [-0.2, -0.15) is 0 Å². The standard InChI is InChI=1S/C23H20BrN3O4/c1-30-19-12-9-15(13-20(19)31-2)21-25-18-6-4-3-5-17(18)23(29)27(21)26-22(28)14-7-10-16(24)11-8-14/h3-13,21,25H,1-2H3,(H,26,28). The van der Waals surface area contributed by atoms with Crippen LogP contribution >= 0.6 is 15.9 Å². The maximum atomic E-state index is 13.3. The van der Waals surface area contributed by atoms with Gasteiger partial charge in [-0.3, -0.25) is 15.0 Å². The van der Waals surface area contributed by atoms with Crippen molar-refractivity contribution in [2.75, 3.05) is 19.5 Å². The number of nitrogens with one attached hydrogen (secondary N) is 2. The maximum Gasteiger partial charge on any atom is 0.276 e. The van der Waals surface area contributed by atoms with Crippen LogP contribution < -0.4 is 20.2 Å². The SMILES string of the molecule is COc1ccc(C2Nc3ccccc3C(=O)N2NC(=O)c2ccc(Br)cc2)cc1OC. The number of halogens is 1. The zero-order valence-electron chi connectivity index (χ0n) is 16.9. The molecule has 158 valence electrons. The first-order valence-electron chi connectivity index (χ1n) is 9.49. The van der Waals surface area contributed by atoms with Gasteiger partial charge in [0.2, 0.25) is 0 Å². The number of hydrogen-bond acceptors (Lipinski definition) is 5. The van der Waals surface area contributed by atoms with E-state index >= 15 is 0 Å². The zero-order chi connectivity index (χ0) is 22.0. The van der Waals surface area contributed by atoms with Crippen LogP contribution in [0.15, 0.2) is 71.2 Å². The summed E-state index contributed by atoms with van der Waals surface area (Å²) in [5.74, 6) is 0.374. The largest absolute Gasteiger partial charge is 0.493 e. The number of methoxy groups -OCH3 is 2. The third-order valence-corrected chi connectivity index (χ3v) is 5.51. The van der Waals surface area contributed by atoms with E-state index in [1.165, 1.54) is 5.01 Å². The number of amides is 2. The normalized spacial score (nSPS) is 15.0. The highest BCUT2D eigenvalue weighted by atomic mass is 79.9. The molecule has 0 aliphatic carbocycles. The summed E-state index contributed by atoms with van der Waals surface area (Å²) in [5, 5.41) is 4.63. The summed E-state index contributed by atoms with van der Waals surface area (Å²) in [6, 6.07) is 19.4. The van der Waals surface area contributed by atoms with E-state index in [0.29, 0.717) is 28.3 Å². The first kappa shape index (κ1) is 20.7. The van der Waals surface area contributed by atoms with E-state index in [0.717, 1.165) is 10.0 Å². The number of anilines is 1. The molecule has 4 rings (SSSR count). The molecule has 1 heterocycles. The summed E-state index contributed by atoms with van der Waals surface area (Å²) < 4.78 is 11.6. The Bertz CT molecular complexity index is 1130. The van der Waals surface area contributed by atoms with Crippen molar-refractivity contribution in [3.8, 4) is 11.5 Å². The van der Waals surface area contributed by atoms with Gasteiger partial charge in [0.05, 0.1) is 19.8 Å². The molecule has 0 spiro atoms. The van der Waals surface area contributed by atoms with Crippen LogP contribution in [0.1, 0.15) is 32.4 Å². The van der Waals surface area contributed by atoms with Crippen molar-refractivity contribution in [2.45, 2.75) is 6.17 Å². The highest BCUT2D eigenvalue weighted by Gasteiger charge is 2.34. The molecule has 1 aliphatic rings. The fourth-order valence-corrected chi connectivity index (χ4v) is 3.66. The Labute approximate surface area is 188 Å².